The standard InChI is InChI=1S/C15H20N4O/c1-3-14(9-19-12-17-11-18-19)4-2-13(1)7-16-8-15-5-6-20-10-15/h1-4,11-12,15-16H,5-10H2/t15-/m1/s1. The van der Waals surface area contributed by atoms with E-state index in [0.29, 0.717) is 5.92 Å². The molecule has 1 aromatic heterocycles. The first-order valence-electron chi connectivity index (χ1n) is 7.09. The van der Waals surface area contributed by atoms with E-state index in [1.807, 2.05) is 4.68 Å². The molecule has 1 aromatic carbocycles. The molecule has 2 heterocycles. The summed E-state index contributed by atoms with van der Waals surface area (Å²) in [5.41, 5.74) is 2.55. The molecular formula is C15H20N4O. The molecule has 1 saturated heterocycles. The van der Waals surface area contributed by atoms with E-state index in [9.17, 15) is 0 Å². The molecule has 0 aliphatic carbocycles. The highest BCUT2D eigenvalue weighted by atomic mass is 16.5. The van der Waals surface area contributed by atoms with Gasteiger partial charge < -0.3 is 10.1 Å². The molecule has 0 amide bonds. The second-order valence-electron chi connectivity index (χ2n) is 5.27. The van der Waals surface area contributed by atoms with Crippen LogP contribution in [0.15, 0.2) is 36.9 Å². The predicted octanol–water partition coefficient (Wildman–Crippen LogP) is 1.45. The van der Waals surface area contributed by atoms with Gasteiger partial charge in [0.05, 0.1) is 13.2 Å². The lowest BCUT2D eigenvalue weighted by molar-refractivity contribution is 0.185. The van der Waals surface area contributed by atoms with E-state index in [4.69, 9.17) is 4.74 Å². The second-order valence-corrected chi connectivity index (χ2v) is 5.27. The molecule has 0 spiro atoms. The van der Waals surface area contributed by atoms with Crippen LogP contribution in [0.2, 0.25) is 0 Å². The molecule has 0 radical (unpaired) electrons. The van der Waals surface area contributed by atoms with Crippen LogP contribution in [-0.4, -0.2) is 34.5 Å². The van der Waals surface area contributed by atoms with Crippen molar-refractivity contribution in [3.05, 3.63) is 48.0 Å². The number of nitrogens with one attached hydrogen (secondary N) is 1. The van der Waals surface area contributed by atoms with Crippen LogP contribution in [0.25, 0.3) is 0 Å². The highest BCUT2D eigenvalue weighted by Gasteiger charge is 2.14. The summed E-state index contributed by atoms with van der Waals surface area (Å²) in [5.74, 6) is 0.682. The number of aromatic nitrogens is 3. The van der Waals surface area contributed by atoms with Crippen molar-refractivity contribution in [1.82, 2.24) is 20.1 Å². The third kappa shape index (κ3) is 3.65. The quantitative estimate of drug-likeness (QED) is 0.865. The van der Waals surface area contributed by atoms with Gasteiger partial charge >= 0.3 is 0 Å². The SMILES string of the molecule is c1ncn(Cc2ccc(CNC[C@H]3CCOC3)cc2)n1. The zero-order chi connectivity index (χ0) is 13.6. The Kier molecular flexibility index (Phi) is 4.40. The molecule has 3 rings (SSSR count). The molecular weight excluding hydrogens is 252 g/mol. The third-order valence-electron chi connectivity index (χ3n) is 3.62. The molecule has 1 N–H and O–H groups in total. The first-order chi connectivity index (χ1) is 9.90. The van der Waals surface area contributed by atoms with Gasteiger partial charge in [-0.1, -0.05) is 24.3 Å². The van der Waals surface area contributed by atoms with Crippen LogP contribution in [0.3, 0.4) is 0 Å². The number of nitrogens with zero attached hydrogens (tertiary/aromatic N) is 3. The fourth-order valence-corrected chi connectivity index (χ4v) is 2.43. The maximum absolute atomic E-state index is 5.37. The van der Waals surface area contributed by atoms with Gasteiger partial charge in [-0.15, -0.1) is 0 Å². The Labute approximate surface area is 119 Å². The lowest BCUT2D eigenvalue weighted by atomic mass is 10.1. The first-order valence-corrected chi connectivity index (χ1v) is 7.09. The van der Waals surface area contributed by atoms with Crippen molar-refractivity contribution in [1.29, 1.82) is 0 Å². The molecule has 1 aliphatic heterocycles. The summed E-state index contributed by atoms with van der Waals surface area (Å²) in [6, 6.07) is 8.64. The fourth-order valence-electron chi connectivity index (χ4n) is 2.43. The zero-order valence-corrected chi connectivity index (χ0v) is 11.5. The van der Waals surface area contributed by atoms with Gasteiger partial charge in [0.15, 0.2) is 0 Å². The van der Waals surface area contributed by atoms with Crippen LogP contribution < -0.4 is 5.32 Å². The molecule has 2 aromatic rings. The summed E-state index contributed by atoms with van der Waals surface area (Å²) in [6.07, 6.45) is 4.48. The van der Waals surface area contributed by atoms with Crippen molar-refractivity contribution in [2.75, 3.05) is 19.8 Å². The summed E-state index contributed by atoms with van der Waals surface area (Å²) in [4.78, 5) is 3.95. The molecule has 106 valence electrons. The van der Waals surface area contributed by atoms with E-state index < -0.39 is 0 Å². The largest absolute Gasteiger partial charge is 0.381 e. The summed E-state index contributed by atoms with van der Waals surface area (Å²) in [6.45, 7) is 4.56. The second kappa shape index (κ2) is 6.63. The van der Waals surface area contributed by atoms with Crippen LogP contribution in [0, 0.1) is 5.92 Å². The van der Waals surface area contributed by atoms with Gasteiger partial charge in [-0.2, -0.15) is 5.10 Å². The van der Waals surface area contributed by atoms with Gasteiger partial charge in [-0.25, -0.2) is 9.67 Å². The van der Waals surface area contributed by atoms with Gasteiger partial charge in [0, 0.05) is 19.7 Å². The molecule has 5 heteroatoms. The molecule has 20 heavy (non-hydrogen) atoms. The lowest BCUT2D eigenvalue weighted by Crippen LogP contribution is -2.22. The minimum atomic E-state index is 0.682. The smallest absolute Gasteiger partial charge is 0.137 e. The fraction of sp³-hybridized carbons (Fsp3) is 0.467. The third-order valence-corrected chi connectivity index (χ3v) is 3.62. The molecule has 0 unspecified atom stereocenters. The van der Waals surface area contributed by atoms with E-state index in [1.165, 1.54) is 17.5 Å². The molecule has 1 atom stereocenters. The van der Waals surface area contributed by atoms with Crippen molar-refractivity contribution in [3.8, 4) is 0 Å². The monoisotopic (exact) mass is 272 g/mol. The van der Waals surface area contributed by atoms with E-state index in [2.05, 4.69) is 39.7 Å². The van der Waals surface area contributed by atoms with Crippen molar-refractivity contribution in [3.63, 3.8) is 0 Å². The number of hydrogen-bond acceptors (Lipinski definition) is 4. The van der Waals surface area contributed by atoms with Gasteiger partial charge in [0.1, 0.15) is 12.7 Å². The Hall–Kier alpha value is -1.72. The van der Waals surface area contributed by atoms with Crippen molar-refractivity contribution in [2.24, 2.45) is 5.92 Å². The van der Waals surface area contributed by atoms with Crippen LogP contribution in [-0.2, 0) is 17.8 Å². The highest BCUT2D eigenvalue weighted by Crippen LogP contribution is 2.11. The van der Waals surface area contributed by atoms with Crippen LogP contribution in [0.5, 0.6) is 0 Å². The lowest BCUT2D eigenvalue weighted by Gasteiger charge is -2.10. The van der Waals surface area contributed by atoms with Crippen LogP contribution in [0.4, 0.5) is 0 Å². The normalized spacial score (nSPS) is 18.5. The highest BCUT2D eigenvalue weighted by molar-refractivity contribution is 5.22. The molecule has 1 fully saturated rings. The number of ether oxygens (including phenoxy) is 1. The number of hydrogen-bond donors (Lipinski definition) is 1. The van der Waals surface area contributed by atoms with Gasteiger partial charge in [-0.05, 0) is 23.5 Å². The van der Waals surface area contributed by atoms with E-state index in [-0.39, 0.29) is 0 Å². The Morgan fingerprint density at radius 2 is 2.10 bits per heavy atom. The predicted molar refractivity (Wildman–Crippen MR) is 76.2 cm³/mol. The van der Waals surface area contributed by atoms with Gasteiger partial charge in [0.25, 0.3) is 0 Å². The summed E-state index contributed by atoms with van der Waals surface area (Å²) < 4.78 is 7.20. The van der Waals surface area contributed by atoms with Crippen molar-refractivity contribution in [2.45, 2.75) is 19.5 Å². The molecule has 5 nitrogen and oxygen atoms in total. The summed E-state index contributed by atoms with van der Waals surface area (Å²) >= 11 is 0. The van der Waals surface area contributed by atoms with E-state index in [1.54, 1.807) is 12.7 Å². The molecule has 1 aliphatic rings. The Morgan fingerprint density at radius 1 is 1.25 bits per heavy atom. The van der Waals surface area contributed by atoms with Crippen molar-refractivity contribution >= 4 is 0 Å². The Morgan fingerprint density at radius 3 is 2.80 bits per heavy atom. The Balaban J connectivity index is 1.46. The van der Waals surface area contributed by atoms with E-state index in [0.717, 1.165) is 32.8 Å². The molecule has 0 bridgehead atoms. The van der Waals surface area contributed by atoms with Crippen molar-refractivity contribution < 1.29 is 4.74 Å². The minimum Gasteiger partial charge on any atom is -0.381 e. The summed E-state index contributed by atoms with van der Waals surface area (Å²) in [7, 11) is 0. The maximum Gasteiger partial charge on any atom is 0.137 e. The number of benzene rings is 1. The van der Waals surface area contributed by atoms with E-state index >= 15 is 0 Å². The van der Waals surface area contributed by atoms with Gasteiger partial charge in [-0.3, -0.25) is 0 Å². The number of rotatable bonds is 6. The average Bonchev–Trinajstić information content (AvgIpc) is 3.14. The summed E-state index contributed by atoms with van der Waals surface area (Å²) in [5, 5.41) is 7.61. The van der Waals surface area contributed by atoms with Crippen LogP contribution >= 0.6 is 0 Å². The van der Waals surface area contributed by atoms with Gasteiger partial charge in [0.2, 0.25) is 0 Å². The zero-order valence-electron chi connectivity index (χ0n) is 11.5. The first kappa shape index (κ1) is 13.3. The van der Waals surface area contributed by atoms with Crippen LogP contribution in [0.1, 0.15) is 17.5 Å². The minimum absolute atomic E-state index is 0.682. The Bertz CT molecular complexity index is 503. The average molecular weight is 272 g/mol. The topological polar surface area (TPSA) is 52.0 Å². The molecule has 0 saturated carbocycles. The maximum atomic E-state index is 5.37.